The Morgan fingerprint density at radius 2 is 1.44 bits per heavy atom. The Bertz CT molecular complexity index is 1230. The zero-order valence-corrected chi connectivity index (χ0v) is 20.1. The van der Waals surface area contributed by atoms with Crippen LogP contribution in [0, 0.1) is 34.6 Å². The molecule has 164 valence electrons. The van der Waals surface area contributed by atoms with Gasteiger partial charge in [0.2, 0.25) is 5.78 Å². The van der Waals surface area contributed by atoms with Gasteiger partial charge in [0.1, 0.15) is 11.5 Å². The number of hydrogen-bond donors (Lipinski definition) is 1. The summed E-state index contributed by atoms with van der Waals surface area (Å²) in [5, 5.41) is 19.0. The number of phenolic OH excluding ortho intramolecular Hbond substituents is 1. The molecule has 0 aromatic heterocycles. The number of halogens is 2. The van der Waals surface area contributed by atoms with Crippen molar-refractivity contribution < 1.29 is 9.90 Å². The van der Waals surface area contributed by atoms with Crippen LogP contribution in [0.3, 0.4) is 0 Å². The predicted molar refractivity (Wildman–Crippen MR) is 133 cm³/mol. The number of carbonyl (C=O) groups excluding carboxylic acids is 1. The van der Waals surface area contributed by atoms with Gasteiger partial charge in [-0.25, -0.2) is 0 Å². The van der Waals surface area contributed by atoms with E-state index in [2.05, 4.69) is 17.1 Å². The van der Waals surface area contributed by atoms with Crippen LogP contribution in [0.25, 0.3) is 0 Å². The van der Waals surface area contributed by atoms with Crippen molar-refractivity contribution >= 4 is 40.9 Å². The number of Topliss-reactive ketones (excluding diaryl/α,β-unsaturated/α-hetero) is 1. The Morgan fingerprint density at radius 1 is 0.875 bits per heavy atom. The molecule has 6 heteroatoms. The summed E-state index contributed by atoms with van der Waals surface area (Å²) < 4.78 is 0. The topological polar surface area (TPSA) is 62.0 Å². The van der Waals surface area contributed by atoms with Crippen LogP contribution in [0.2, 0.25) is 10.0 Å². The first-order valence-electron chi connectivity index (χ1n) is 10.1. The second-order valence-corrected chi connectivity index (χ2v) is 8.56. The summed E-state index contributed by atoms with van der Waals surface area (Å²) in [5.41, 5.74) is 7.03. The van der Waals surface area contributed by atoms with E-state index in [-0.39, 0.29) is 22.3 Å². The highest BCUT2D eigenvalue weighted by atomic mass is 35.5. The average Bonchev–Trinajstić information content (AvgIpc) is 2.77. The summed E-state index contributed by atoms with van der Waals surface area (Å²) in [6.07, 6.45) is 1.33. The molecule has 0 heterocycles. The van der Waals surface area contributed by atoms with Crippen LogP contribution in [0.4, 0.5) is 0 Å². The zero-order chi connectivity index (χ0) is 23.6. The van der Waals surface area contributed by atoms with Gasteiger partial charge in [0, 0.05) is 21.7 Å². The minimum Gasteiger partial charge on any atom is -0.506 e. The summed E-state index contributed by atoms with van der Waals surface area (Å²) in [6, 6.07) is 12.2. The van der Waals surface area contributed by atoms with E-state index in [1.807, 2.05) is 58.0 Å². The second kappa shape index (κ2) is 9.68. The largest absolute Gasteiger partial charge is 0.506 e. The van der Waals surface area contributed by atoms with E-state index in [1.54, 1.807) is 0 Å². The molecule has 3 aromatic carbocycles. The lowest BCUT2D eigenvalue weighted by molar-refractivity contribution is 0.106. The van der Waals surface area contributed by atoms with Crippen LogP contribution in [0.1, 0.15) is 49.3 Å². The Kier molecular flexibility index (Phi) is 7.17. The van der Waals surface area contributed by atoms with Gasteiger partial charge in [0.15, 0.2) is 0 Å². The third kappa shape index (κ3) is 4.62. The SMILES string of the molecule is Cc1c(C)c(C)c(C(=O)C(=N/N=C/c2cc(Cl)cc(Cl)c2O)c2ccccc2)c(C)c1C. The number of benzene rings is 3. The standard InChI is InChI=1S/C26H24Cl2N2O2/c1-14-15(2)17(4)23(18(5)16(14)3)26(32)24(19-9-7-6-8-10-19)30-29-13-20-11-21(27)12-22(28)25(20)31/h6-13,31H,1-5H3/b29-13+,30-24?. The fourth-order valence-electron chi connectivity index (χ4n) is 3.62. The third-order valence-electron chi connectivity index (χ3n) is 5.90. The molecule has 0 radical (unpaired) electrons. The summed E-state index contributed by atoms with van der Waals surface area (Å²) >= 11 is 12.0. The number of nitrogens with zero attached hydrogens (tertiary/aromatic N) is 2. The van der Waals surface area contributed by atoms with Crippen LogP contribution < -0.4 is 0 Å². The van der Waals surface area contributed by atoms with Crippen molar-refractivity contribution in [3.05, 3.63) is 97.0 Å². The summed E-state index contributed by atoms with van der Waals surface area (Å²) in [5.74, 6) is -0.359. The van der Waals surface area contributed by atoms with E-state index in [4.69, 9.17) is 23.2 Å². The molecule has 0 aliphatic carbocycles. The molecule has 4 nitrogen and oxygen atoms in total. The lowest BCUT2D eigenvalue weighted by Crippen LogP contribution is -2.20. The highest BCUT2D eigenvalue weighted by Gasteiger charge is 2.23. The minimum absolute atomic E-state index is 0.110. The molecule has 0 spiro atoms. The quantitative estimate of drug-likeness (QED) is 0.251. The first-order chi connectivity index (χ1) is 15.1. The highest BCUT2D eigenvalue weighted by Crippen LogP contribution is 2.30. The van der Waals surface area contributed by atoms with Gasteiger partial charge in [0.25, 0.3) is 0 Å². The first kappa shape index (κ1) is 23.7. The van der Waals surface area contributed by atoms with Crippen molar-refractivity contribution in [3.8, 4) is 5.75 Å². The first-order valence-corrected chi connectivity index (χ1v) is 10.8. The summed E-state index contributed by atoms with van der Waals surface area (Å²) in [4.78, 5) is 13.7. The molecule has 0 bridgehead atoms. The number of aromatic hydroxyl groups is 1. The second-order valence-electron chi connectivity index (χ2n) is 7.71. The van der Waals surface area contributed by atoms with Gasteiger partial charge >= 0.3 is 0 Å². The van der Waals surface area contributed by atoms with Crippen LogP contribution in [0.15, 0.2) is 52.7 Å². The fraction of sp³-hybridized carbons (Fsp3) is 0.192. The zero-order valence-electron chi connectivity index (χ0n) is 18.6. The van der Waals surface area contributed by atoms with Crippen LogP contribution in [-0.2, 0) is 0 Å². The van der Waals surface area contributed by atoms with Crippen molar-refractivity contribution in [2.75, 3.05) is 0 Å². The molecule has 0 saturated carbocycles. The molecule has 1 N–H and O–H groups in total. The van der Waals surface area contributed by atoms with E-state index in [9.17, 15) is 9.90 Å². The van der Waals surface area contributed by atoms with E-state index < -0.39 is 0 Å². The van der Waals surface area contributed by atoms with E-state index in [0.29, 0.717) is 21.7 Å². The number of carbonyl (C=O) groups is 1. The molecule has 0 aliphatic rings. The summed E-state index contributed by atoms with van der Waals surface area (Å²) in [6.45, 7) is 10.0. The van der Waals surface area contributed by atoms with Gasteiger partial charge in [-0.3, -0.25) is 4.79 Å². The normalized spacial score (nSPS) is 11.9. The van der Waals surface area contributed by atoms with E-state index in [0.717, 1.165) is 22.3 Å². The van der Waals surface area contributed by atoms with Gasteiger partial charge < -0.3 is 5.11 Å². The molecular formula is C26H24Cl2N2O2. The molecule has 32 heavy (non-hydrogen) atoms. The van der Waals surface area contributed by atoms with E-state index >= 15 is 0 Å². The maximum Gasteiger partial charge on any atom is 0.214 e. The average molecular weight is 467 g/mol. The molecule has 0 fully saturated rings. The van der Waals surface area contributed by atoms with E-state index in [1.165, 1.54) is 23.9 Å². The van der Waals surface area contributed by atoms with Crippen molar-refractivity contribution in [1.29, 1.82) is 0 Å². The van der Waals surface area contributed by atoms with Gasteiger partial charge in [-0.15, -0.1) is 5.10 Å². The maximum atomic E-state index is 13.7. The molecule has 0 unspecified atom stereocenters. The lowest BCUT2D eigenvalue weighted by atomic mass is 9.86. The minimum atomic E-state index is -0.206. The monoisotopic (exact) mass is 466 g/mol. The van der Waals surface area contributed by atoms with Gasteiger partial charge in [-0.1, -0.05) is 53.5 Å². The Labute approximate surface area is 198 Å². The Hall–Kier alpha value is -2.95. The number of ketones is 1. The van der Waals surface area contributed by atoms with Crippen molar-refractivity contribution in [3.63, 3.8) is 0 Å². The smallest absolute Gasteiger partial charge is 0.214 e. The van der Waals surface area contributed by atoms with Crippen molar-refractivity contribution in [2.45, 2.75) is 34.6 Å². The van der Waals surface area contributed by atoms with Crippen LogP contribution >= 0.6 is 23.2 Å². The number of hydrogen-bond acceptors (Lipinski definition) is 4. The molecule has 3 aromatic rings. The van der Waals surface area contributed by atoms with Crippen molar-refractivity contribution in [2.24, 2.45) is 10.2 Å². The lowest BCUT2D eigenvalue weighted by Gasteiger charge is -2.18. The number of phenols is 1. The molecule has 0 aliphatic heterocycles. The van der Waals surface area contributed by atoms with Crippen LogP contribution in [-0.4, -0.2) is 22.8 Å². The highest BCUT2D eigenvalue weighted by molar-refractivity contribution is 6.52. The molecule has 0 amide bonds. The van der Waals surface area contributed by atoms with Gasteiger partial charge in [0.05, 0.1) is 11.2 Å². The molecule has 3 rings (SSSR count). The summed E-state index contributed by atoms with van der Waals surface area (Å²) in [7, 11) is 0. The predicted octanol–water partition coefficient (Wildman–Crippen LogP) is 6.95. The fourth-order valence-corrected chi connectivity index (χ4v) is 4.13. The number of rotatable bonds is 5. The van der Waals surface area contributed by atoms with Gasteiger partial charge in [-0.2, -0.15) is 5.10 Å². The van der Waals surface area contributed by atoms with Crippen LogP contribution in [0.5, 0.6) is 5.75 Å². The van der Waals surface area contributed by atoms with Gasteiger partial charge in [-0.05, 0) is 74.6 Å². The molecular weight excluding hydrogens is 443 g/mol. The molecule has 0 saturated heterocycles. The Morgan fingerprint density at radius 3 is 2.03 bits per heavy atom. The maximum absolute atomic E-state index is 13.7. The van der Waals surface area contributed by atoms with Crippen molar-refractivity contribution in [1.82, 2.24) is 0 Å². The third-order valence-corrected chi connectivity index (χ3v) is 6.41. The molecule has 0 atom stereocenters. The Balaban J connectivity index is 2.15.